The van der Waals surface area contributed by atoms with E-state index < -0.39 is 5.91 Å². The monoisotopic (exact) mass is 442 g/mol. The number of amides is 2. The number of hydrogen-bond acceptors (Lipinski definition) is 6. The van der Waals surface area contributed by atoms with Gasteiger partial charge in [-0.05, 0) is 31.2 Å². The van der Waals surface area contributed by atoms with E-state index >= 15 is 0 Å². The second-order valence-corrected chi connectivity index (χ2v) is 7.88. The van der Waals surface area contributed by atoms with Gasteiger partial charge in [0.25, 0.3) is 11.8 Å². The van der Waals surface area contributed by atoms with Crippen molar-refractivity contribution < 1.29 is 14.3 Å². The number of anilines is 1. The zero-order valence-electron chi connectivity index (χ0n) is 15.0. The van der Waals surface area contributed by atoms with Crippen molar-refractivity contribution in [1.82, 2.24) is 15.2 Å². The van der Waals surface area contributed by atoms with Crippen LogP contribution >= 0.6 is 34.5 Å². The van der Waals surface area contributed by atoms with E-state index in [0.717, 1.165) is 39.3 Å². The van der Waals surface area contributed by atoms with E-state index in [1.807, 2.05) is 0 Å². The maximum Gasteiger partial charge on any atom is 0.270 e. The molecule has 1 aromatic heterocycles. The Morgan fingerprint density at radius 2 is 2.00 bits per heavy atom. The lowest BCUT2D eigenvalue weighted by Gasteiger charge is -2.26. The maximum atomic E-state index is 12.3. The Morgan fingerprint density at radius 1 is 1.21 bits per heavy atom. The third-order valence-electron chi connectivity index (χ3n) is 4.17. The van der Waals surface area contributed by atoms with Crippen LogP contribution in [0.1, 0.15) is 27.3 Å². The van der Waals surface area contributed by atoms with E-state index in [4.69, 9.17) is 27.9 Å². The molecular weight excluding hydrogens is 423 g/mol. The quantitative estimate of drug-likeness (QED) is 0.643. The molecule has 0 unspecified atom stereocenters. The summed E-state index contributed by atoms with van der Waals surface area (Å²) in [6.45, 7) is 4.88. The number of benzene rings is 1. The molecule has 0 aliphatic carbocycles. The number of nitrogens with one attached hydrogen (secondary N) is 2. The summed E-state index contributed by atoms with van der Waals surface area (Å²) < 4.78 is 5.31. The highest BCUT2D eigenvalue weighted by Gasteiger charge is 2.15. The largest absolute Gasteiger partial charge is 0.379 e. The lowest BCUT2D eigenvalue weighted by atomic mass is 10.2. The third-order valence-corrected chi connectivity index (χ3v) is 5.48. The molecule has 2 amide bonds. The van der Waals surface area contributed by atoms with Crippen molar-refractivity contribution in [3.05, 3.63) is 44.9 Å². The molecule has 1 saturated heterocycles. The van der Waals surface area contributed by atoms with Crippen molar-refractivity contribution in [2.45, 2.75) is 6.42 Å². The molecule has 7 nitrogen and oxygen atoms in total. The van der Waals surface area contributed by atoms with Crippen LogP contribution in [-0.2, 0) is 4.74 Å². The van der Waals surface area contributed by atoms with Crippen molar-refractivity contribution in [2.75, 3.05) is 44.7 Å². The van der Waals surface area contributed by atoms with Crippen LogP contribution < -0.4 is 10.6 Å². The fourth-order valence-electron chi connectivity index (χ4n) is 2.69. The Labute approximate surface area is 177 Å². The molecule has 0 radical (unpaired) electrons. The van der Waals surface area contributed by atoms with Crippen molar-refractivity contribution >= 4 is 51.5 Å². The fraction of sp³-hybridized carbons (Fsp3) is 0.389. The van der Waals surface area contributed by atoms with Gasteiger partial charge in [-0.25, -0.2) is 4.98 Å². The molecule has 0 bridgehead atoms. The number of ether oxygens (including phenoxy) is 1. The smallest absolute Gasteiger partial charge is 0.270 e. The molecule has 1 aliphatic heterocycles. The van der Waals surface area contributed by atoms with Gasteiger partial charge >= 0.3 is 0 Å². The number of rotatable bonds is 7. The number of morpholine rings is 1. The summed E-state index contributed by atoms with van der Waals surface area (Å²) in [5.41, 5.74) is 0.559. The number of thiazole rings is 1. The van der Waals surface area contributed by atoms with Gasteiger partial charge in [-0.1, -0.05) is 23.2 Å². The SMILES string of the molecule is O=C(NCCCN1CCOCC1)c1csc(NC(=O)c2ccc(Cl)cc2Cl)n1. The molecule has 2 aromatic rings. The number of carbonyl (C=O) groups is 2. The molecule has 0 saturated carbocycles. The Kier molecular flexibility index (Phi) is 7.64. The molecule has 3 rings (SSSR count). The zero-order chi connectivity index (χ0) is 19.9. The minimum absolute atomic E-state index is 0.250. The van der Waals surface area contributed by atoms with Gasteiger partial charge < -0.3 is 10.1 Å². The average Bonchev–Trinajstić information content (AvgIpc) is 3.14. The molecule has 0 atom stereocenters. The molecular formula is C18H20Cl2N4O3S. The predicted molar refractivity (Wildman–Crippen MR) is 111 cm³/mol. The van der Waals surface area contributed by atoms with E-state index in [2.05, 4.69) is 20.5 Å². The van der Waals surface area contributed by atoms with Crippen LogP contribution in [-0.4, -0.2) is 61.1 Å². The van der Waals surface area contributed by atoms with Gasteiger partial charge in [-0.2, -0.15) is 0 Å². The summed E-state index contributed by atoms with van der Waals surface area (Å²) in [6.07, 6.45) is 0.856. The first kappa shape index (κ1) is 21.0. The first-order chi connectivity index (χ1) is 13.5. The van der Waals surface area contributed by atoms with E-state index in [9.17, 15) is 9.59 Å². The van der Waals surface area contributed by atoms with E-state index in [1.165, 1.54) is 23.5 Å². The van der Waals surface area contributed by atoms with Crippen molar-refractivity contribution in [3.8, 4) is 0 Å². The Hall–Kier alpha value is -1.71. The maximum absolute atomic E-state index is 12.3. The first-order valence-corrected chi connectivity index (χ1v) is 10.5. The summed E-state index contributed by atoms with van der Waals surface area (Å²) in [6, 6.07) is 4.62. The second kappa shape index (κ2) is 10.2. The van der Waals surface area contributed by atoms with Crippen molar-refractivity contribution in [1.29, 1.82) is 0 Å². The minimum Gasteiger partial charge on any atom is -0.379 e. The number of aromatic nitrogens is 1. The highest BCUT2D eigenvalue weighted by molar-refractivity contribution is 7.14. The Bertz CT molecular complexity index is 840. The highest BCUT2D eigenvalue weighted by atomic mass is 35.5. The van der Waals surface area contributed by atoms with E-state index in [-0.39, 0.29) is 22.2 Å². The molecule has 2 N–H and O–H groups in total. The van der Waals surface area contributed by atoms with Crippen LogP contribution in [0.15, 0.2) is 23.6 Å². The lowest BCUT2D eigenvalue weighted by Crippen LogP contribution is -2.38. The highest BCUT2D eigenvalue weighted by Crippen LogP contribution is 2.23. The number of hydrogen-bond donors (Lipinski definition) is 2. The average molecular weight is 443 g/mol. The van der Waals surface area contributed by atoms with Gasteiger partial charge in [-0.15, -0.1) is 11.3 Å². The minimum atomic E-state index is -0.409. The third kappa shape index (κ3) is 5.89. The van der Waals surface area contributed by atoms with Crippen molar-refractivity contribution in [3.63, 3.8) is 0 Å². The molecule has 1 aliphatic rings. The summed E-state index contributed by atoms with van der Waals surface area (Å²) in [7, 11) is 0. The summed E-state index contributed by atoms with van der Waals surface area (Å²) >= 11 is 13.1. The molecule has 1 fully saturated rings. The Balaban J connectivity index is 1.46. The second-order valence-electron chi connectivity index (χ2n) is 6.18. The molecule has 28 heavy (non-hydrogen) atoms. The number of nitrogens with zero attached hydrogens (tertiary/aromatic N) is 2. The summed E-state index contributed by atoms with van der Waals surface area (Å²) in [4.78, 5) is 31.0. The molecule has 150 valence electrons. The lowest BCUT2D eigenvalue weighted by molar-refractivity contribution is 0.0374. The van der Waals surface area contributed by atoms with Gasteiger partial charge in [0.05, 0.1) is 23.8 Å². The molecule has 10 heteroatoms. The van der Waals surface area contributed by atoms with Crippen LogP contribution in [0, 0.1) is 0 Å². The van der Waals surface area contributed by atoms with Crippen LogP contribution in [0.3, 0.4) is 0 Å². The van der Waals surface area contributed by atoms with Gasteiger partial charge in [0, 0.05) is 30.0 Å². The molecule has 2 heterocycles. The van der Waals surface area contributed by atoms with Crippen LogP contribution in [0.25, 0.3) is 0 Å². The number of carbonyl (C=O) groups excluding carboxylic acids is 2. The van der Waals surface area contributed by atoms with Gasteiger partial charge in [0.2, 0.25) is 0 Å². The van der Waals surface area contributed by atoms with Crippen LogP contribution in [0.2, 0.25) is 10.0 Å². The summed E-state index contributed by atoms with van der Waals surface area (Å²) in [5, 5.41) is 8.13. The van der Waals surface area contributed by atoms with Gasteiger partial charge in [0.1, 0.15) is 5.69 Å². The molecule has 1 aromatic carbocycles. The summed E-state index contributed by atoms with van der Waals surface area (Å²) in [5.74, 6) is -0.670. The Morgan fingerprint density at radius 3 is 2.75 bits per heavy atom. The standard InChI is InChI=1S/C18H20Cl2N4O3S/c19-12-2-3-13(14(20)10-12)16(25)23-18-22-15(11-28-18)17(26)21-4-1-5-24-6-8-27-9-7-24/h2-3,10-11H,1,4-9H2,(H,21,26)(H,22,23,25). The number of halogens is 2. The van der Waals surface area contributed by atoms with Crippen LogP contribution in [0.5, 0.6) is 0 Å². The van der Waals surface area contributed by atoms with Gasteiger partial charge in [0.15, 0.2) is 5.13 Å². The van der Waals surface area contributed by atoms with Crippen molar-refractivity contribution in [2.24, 2.45) is 0 Å². The topological polar surface area (TPSA) is 83.6 Å². The molecule has 0 spiro atoms. The van der Waals surface area contributed by atoms with E-state index in [0.29, 0.717) is 16.7 Å². The zero-order valence-corrected chi connectivity index (χ0v) is 17.4. The van der Waals surface area contributed by atoms with E-state index in [1.54, 1.807) is 11.4 Å². The van der Waals surface area contributed by atoms with Gasteiger partial charge in [-0.3, -0.25) is 19.8 Å². The normalized spacial score (nSPS) is 14.6. The van der Waals surface area contributed by atoms with Crippen LogP contribution in [0.4, 0.5) is 5.13 Å². The fourth-order valence-corrected chi connectivity index (χ4v) is 3.87. The first-order valence-electron chi connectivity index (χ1n) is 8.83. The predicted octanol–water partition coefficient (Wildman–Crippen LogP) is 3.15.